The van der Waals surface area contributed by atoms with E-state index in [0.717, 1.165) is 5.52 Å². The van der Waals surface area contributed by atoms with Gasteiger partial charge in [-0.2, -0.15) is 0 Å². The normalized spacial score (nSPS) is 13.4. The van der Waals surface area contributed by atoms with Gasteiger partial charge < -0.3 is 14.5 Å². The highest BCUT2D eigenvalue weighted by atomic mass is 127. The van der Waals surface area contributed by atoms with Crippen molar-refractivity contribution < 1.29 is 9.47 Å². The van der Waals surface area contributed by atoms with Gasteiger partial charge in [-0.1, -0.05) is 0 Å². The number of benzene rings is 1. The Balaban J connectivity index is 2.44. The van der Waals surface area contributed by atoms with Crippen molar-refractivity contribution in [1.82, 2.24) is 4.98 Å². The first kappa shape index (κ1) is 9.02. The fourth-order valence-corrected chi connectivity index (χ4v) is 2.03. The number of fused-ring (bicyclic) bond motifs is 2. The predicted molar refractivity (Wildman–Crippen MR) is 63.4 cm³/mol. The average molecular weight is 315 g/mol. The van der Waals surface area contributed by atoms with Crippen molar-refractivity contribution in [3.05, 3.63) is 32.1 Å². The van der Waals surface area contributed by atoms with Gasteiger partial charge in [0.05, 0.1) is 14.5 Å². The third-order valence-corrected chi connectivity index (χ3v) is 3.13. The van der Waals surface area contributed by atoms with Crippen LogP contribution >= 0.6 is 22.6 Å². The number of H-pyrrole nitrogens is 1. The summed E-state index contributed by atoms with van der Waals surface area (Å²) in [5.74, 6) is 1.31. The van der Waals surface area contributed by atoms with Crippen molar-refractivity contribution in [2.75, 3.05) is 6.79 Å². The number of pyridine rings is 1. The molecule has 1 N–H and O–H groups in total. The zero-order chi connectivity index (χ0) is 10.4. The van der Waals surface area contributed by atoms with Gasteiger partial charge in [-0.25, -0.2) is 0 Å². The average Bonchev–Trinajstić information content (AvgIpc) is 2.68. The first-order chi connectivity index (χ1) is 7.25. The highest BCUT2D eigenvalue weighted by Gasteiger charge is 2.15. The highest BCUT2D eigenvalue weighted by Crippen LogP contribution is 2.34. The molecule has 0 aliphatic carbocycles. The number of hydrogen-bond donors (Lipinski definition) is 1. The van der Waals surface area contributed by atoms with Gasteiger partial charge in [0.1, 0.15) is 0 Å². The van der Waals surface area contributed by atoms with E-state index >= 15 is 0 Å². The number of hydrogen-bond acceptors (Lipinski definition) is 3. The molecule has 15 heavy (non-hydrogen) atoms. The zero-order valence-electron chi connectivity index (χ0n) is 7.54. The maximum Gasteiger partial charge on any atom is 0.231 e. The Labute approximate surface area is 98.3 Å². The van der Waals surface area contributed by atoms with E-state index in [2.05, 4.69) is 4.98 Å². The van der Waals surface area contributed by atoms with Crippen LogP contribution < -0.4 is 14.9 Å². The molecule has 2 heterocycles. The van der Waals surface area contributed by atoms with Crippen molar-refractivity contribution in [3.63, 3.8) is 0 Å². The van der Waals surface area contributed by atoms with Crippen LogP contribution in [0.15, 0.2) is 23.1 Å². The van der Waals surface area contributed by atoms with E-state index in [9.17, 15) is 4.79 Å². The summed E-state index contributed by atoms with van der Waals surface area (Å²) in [7, 11) is 0. The van der Waals surface area contributed by atoms with Gasteiger partial charge in [-0.3, -0.25) is 4.79 Å². The maximum atomic E-state index is 11.8. The van der Waals surface area contributed by atoms with Crippen LogP contribution in [0.5, 0.6) is 11.5 Å². The molecule has 3 rings (SSSR count). The van der Waals surface area contributed by atoms with E-state index < -0.39 is 0 Å². The Bertz CT molecular complexity index is 605. The fourth-order valence-electron chi connectivity index (χ4n) is 1.58. The van der Waals surface area contributed by atoms with E-state index in [4.69, 9.17) is 9.47 Å². The van der Waals surface area contributed by atoms with Crippen molar-refractivity contribution in [2.24, 2.45) is 0 Å². The van der Waals surface area contributed by atoms with E-state index in [-0.39, 0.29) is 12.2 Å². The summed E-state index contributed by atoms with van der Waals surface area (Å²) >= 11 is 2.00. The lowest BCUT2D eigenvalue weighted by atomic mass is 10.2. The lowest BCUT2D eigenvalue weighted by Crippen LogP contribution is -2.05. The van der Waals surface area contributed by atoms with Gasteiger partial charge in [0.15, 0.2) is 11.5 Å². The van der Waals surface area contributed by atoms with Crippen LogP contribution in [-0.2, 0) is 0 Å². The Morgan fingerprint density at radius 2 is 2.00 bits per heavy atom. The largest absolute Gasteiger partial charge is 0.454 e. The monoisotopic (exact) mass is 315 g/mol. The standard InChI is InChI=1S/C10H6INO3/c11-6-3-12-7-2-9-8(14-4-15-9)1-5(7)10(6)13/h1-3H,4H2,(H,12,13). The third kappa shape index (κ3) is 1.30. The molecule has 0 atom stereocenters. The minimum absolute atomic E-state index is 0.0163. The van der Waals surface area contributed by atoms with Gasteiger partial charge in [0.2, 0.25) is 12.2 Å². The van der Waals surface area contributed by atoms with Gasteiger partial charge >= 0.3 is 0 Å². The van der Waals surface area contributed by atoms with E-state index in [0.29, 0.717) is 20.5 Å². The summed E-state index contributed by atoms with van der Waals surface area (Å²) in [4.78, 5) is 14.9. The minimum atomic E-state index is 0.0163. The van der Waals surface area contributed by atoms with Crippen LogP contribution in [0.4, 0.5) is 0 Å². The second-order valence-electron chi connectivity index (χ2n) is 3.22. The molecule has 2 aromatic rings. The number of rotatable bonds is 0. The summed E-state index contributed by atoms with van der Waals surface area (Å²) < 4.78 is 11.1. The van der Waals surface area contributed by atoms with Crippen LogP contribution in [0, 0.1) is 3.57 Å². The summed E-state index contributed by atoms with van der Waals surface area (Å²) in [5, 5.41) is 0.631. The maximum absolute atomic E-state index is 11.8. The lowest BCUT2D eigenvalue weighted by molar-refractivity contribution is 0.174. The van der Waals surface area contributed by atoms with Crippen molar-refractivity contribution in [1.29, 1.82) is 0 Å². The van der Waals surface area contributed by atoms with Crippen LogP contribution in [0.1, 0.15) is 0 Å². The molecule has 0 saturated heterocycles. The molecule has 0 saturated carbocycles. The first-order valence-electron chi connectivity index (χ1n) is 4.36. The van der Waals surface area contributed by atoms with Crippen molar-refractivity contribution in [2.45, 2.75) is 0 Å². The molecule has 4 nitrogen and oxygen atoms in total. The second kappa shape index (κ2) is 3.13. The van der Waals surface area contributed by atoms with Gasteiger partial charge in [-0.05, 0) is 28.7 Å². The lowest BCUT2D eigenvalue weighted by Gasteiger charge is -2.00. The number of aromatic nitrogens is 1. The van der Waals surface area contributed by atoms with Gasteiger partial charge in [0.25, 0.3) is 0 Å². The Morgan fingerprint density at radius 1 is 1.27 bits per heavy atom. The van der Waals surface area contributed by atoms with Crippen LogP contribution in [-0.4, -0.2) is 11.8 Å². The molecule has 76 valence electrons. The van der Waals surface area contributed by atoms with Gasteiger partial charge in [-0.15, -0.1) is 0 Å². The highest BCUT2D eigenvalue weighted by molar-refractivity contribution is 14.1. The fraction of sp³-hybridized carbons (Fsp3) is 0.100. The van der Waals surface area contributed by atoms with E-state index in [1.54, 1.807) is 18.3 Å². The Morgan fingerprint density at radius 3 is 2.80 bits per heavy atom. The smallest absolute Gasteiger partial charge is 0.231 e. The molecule has 1 aliphatic rings. The molecule has 0 spiro atoms. The molecule has 0 fully saturated rings. The molecule has 1 aliphatic heterocycles. The predicted octanol–water partition coefficient (Wildman–Crippen LogP) is 1.86. The SMILES string of the molecule is O=c1c(I)c[nH]c2cc3c(cc12)OCO3. The molecule has 0 unspecified atom stereocenters. The quantitative estimate of drug-likeness (QED) is 0.755. The summed E-state index contributed by atoms with van der Waals surface area (Å²) in [6.07, 6.45) is 1.69. The number of aromatic amines is 1. The first-order valence-corrected chi connectivity index (χ1v) is 5.44. The molecule has 5 heteroatoms. The third-order valence-electron chi connectivity index (χ3n) is 2.33. The summed E-state index contributed by atoms with van der Waals surface area (Å²) in [6, 6.07) is 3.51. The number of nitrogens with one attached hydrogen (secondary N) is 1. The minimum Gasteiger partial charge on any atom is -0.454 e. The summed E-state index contributed by atoms with van der Waals surface area (Å²) in [6.45, 7) is 0.219. The second-order valence-corrected chi connectivity index (χ2v) is 4.38. The molecular formula is C10H6INO3. The molecule has 0 bridgehead atoms. The van der Waals surface area contributed by atoms with Crippen LogP contribution in [0.3, 0.4) is 0 Å². The van der Waals surface area contributed by atoms with Crippen LogP contribution in [0.25, 0.3) is 10.9 Å². The van der Waals surface area contributed by atoms with Crippen LogP contribution in [0.2, 0.25) is 0 Å². The topological polar surface area (TPSA) is 51.3 Å². The van der Waals surface area contributed by atoms with Gasteiger partial charge in [0, 0.05) is 12.3 Å². The van der Waals surface area contributed by atoms with Crippen molar-refractivity contribution >= 4 is 33.5 Å². The molecule has 0 radical (unpaired) electrons. The number of ether oxygens (including phenoxy) is 2. The molecule has 0 amide bonds. The van der Waals surface area contributed by atoms with Crippen molar-refractivity contribution in [3.8, 4) is 11.5 Å². The van der Waals surface area contributed by atoms with E-state index in [1.807, 2.05) is 22.6 Å². The molecule has 1 aromatic carbocycles. The Kier molecular flexibility index (Phi) is 1.88. The molecule has 1 aromatic heterocycles. The summed E-state index contributed by atoms with van der Waals surface area (Å²) in [5.41, 5.74) is 0.785. The Hall–Kier alpha value is -1.24. The molecular weight excluding hydrogens is 309 g/mol. The zero-order valence-corrected chi connectivity index (χ0v) is 9.70. The number of halogens is 1. The van der Waals surface area contributed by atoms with E-state index in [1.165, 1.54) is 0 Å².